The number of ether oxygens (including phenoxy) is 1. The van der Waals surface area contributed by atoms with Crippen LogP contribution in [0.15, 0.2) is 30.3 Å². The first-order chi connectivity index (χ1) is 10.7. The molecule has 1 aromatic rings. The lowest BCUT2D eigenvalue weighted by molar-refractivity contribution is 0.123. The minimum absolute atomic E-state index is 0.188. The SMILES string of the molecule is CCCC(CC(F)COc1ccccc1)[C@H]1CC[C@H](C)CC1. The monoisotopic (exact) mass is 306 g/mol. The Balaban J connectivity index is 1.79. The Labute approximate surface area is 135 Å². The van der Waals surface area contributed by atoms with Gasteiger partial charge >= 0.3 is 0 Å². The lowest BCUT2D eigenvalue weighted by Crippen LogP contribution is -2.25. The van der Waals surface area contributed by atoms with E-state index in [2.05, 4.69) is 13.8 Å². The number of hydrogen-bond donors (Lipinski definition) is 0. The molecule has 0 heterocycles. The lowest BCUT2D eigenvalue weighted by Gasteiger charge is -2.33. The summed E-state index contributed by atoms with van der Waals surface area (Å²) in [6.07, 6.45) is 7.35. The highest BCUT2D eigenvalue weighted by Gasteiger charge is 2.27. The van der Waals surface area contributed by atoms with Crippen LogP contribution in [0.2, 0.25) is 0 Å². The standard InChI is InChI=1S/C20H31FO/c1-3-7-18(17-12-10-16(2)11-13-17)14-19(21)15-22-20-8-5-4-6-9-20/h4-6,8-9,16-19H,3,7,10-15H2,1-2H3/t16-,17-,18?,19?. The van der Waals surface area contributed by atoms with E-state index in [1.54, 1.807) is 0 Å². The topological polar surface area (TPSA) is 9.23 Å². The highest BCUT2D eigenvalue weighted by molar-refractivity contribution is 5.20. The fourth-order valence-corrected chi connectivity index (χ4v) is 3.77. The third-order valence-electron chi connectivity index (χ3n) is 5.12. The van der Waals surface area contributed by atoms with Crippen LogP contribution < -0.4 is 4.74 Å². The van der Waals surface area contributed by atoms with Crippen LogP contribution in [0.5, 0.6) is 5.75 Å². The Hall–Kier alpha value is -1.05. The van der Waals surface area contributed by atoms with Gasteiger partial charge in [-0.05, 0) is 49.1 Å². The predicted octanol–water partition coefficient (Wildman–Crippen LogP) is 6.04. The Morgan fingerprint density at radius 3 is 2.45 bits per heavy atom. The van der Waals surface area contributed by atoms with Crippen molar-refractivity contribution < 1.29 is 9.13 Å². The van der Waals surface area contributed by atoms with Crippen LogP contribution in [-0.2, 0) is 0 Å². The van der Waals surface area contributed by atoms with Gasteiger partial charge in [-0.15, -0.1) is 0 Å². The first-order valence-electron chi connectivity index (χ1n) is 9.01. The fourth-order valence-electron chi connectivity index (χ4n) is 3.77. The summed E-state index contributed by atoms with van der Waals surface area (Å²) in [6.45, 7) is 4.75. The highest BCUT2D eigenvalue weighted by Crippen LogP contribution is 2.37. The molecule has 1 fully saturated rings. The van der Waals surface area contributed by atoms with E-state index in [1.807, 2.05) is 30.3 Å². The molecule has 0 aliphatic heterocycles. The third-order valence-corrected chi connectivity index (χ3v) is 5.12. The number of benzene rings is 1. The van der Waals surface area contributed by atoms with Gasteiger partial charge < -0.3 is 4.74 Å². The van der Waals surface area contributed by atoms with Crippen molar-refractivity contribution in [2.75, 3.05) is 6.61 Å². The van der Waals surface area contributed by atoms with E-state index < -0.39 is 6.17 Å². The summed E-state index contributed by atoms with van der Waals surface area (Å²) in [6, 6.07) is 9.57. The molecule has 0 bridgehead atoms. The normalized spacial score (nSPS) is 24.7. The molecule has 2 rings (SSSR count). The molecule has 22 heavy (non-hydrogen) atoms. The van der Waals surface area contributed by atoms with Crippen molar-refractivity contribution >= 4 is 0 Å². The fraction of sp³-hybridized carbons (Fsp3) is 0.700. The summed E-state index contributed by atoms with van der Waals surface area (Å²) in [4.78, 5) is 0. The number of halogens is 1. The molecular formula is C20H31FO. The van der Waals surface area contributed by atoms with Crippen molar-refractivity contribution in [2.24, 2.45) is 17.8 Å². The molecule has 0 saturated heterocycles. The van der Waals surface area contributed by atoms with Gasteiger partial charge in [0.1, 0.15) is 18.5 Å². The summed E-state index contributed by atoms with van der Waals surface area (Å²) in [7, 11) is 0. The van der Waals surface area contributed by atoms with Crippen molar-refractivity contribution in [3.63, 3.8) is 0 Å². The molecule has 0 radical (unpaired) electrons. The van der Waals surface area contributed by atoms with Crippen LogP contribution in [0, 0.1) is 17.8 Å². The van der Waals surface area contributed by atoms with Gasteiger partial charge in [0.05, 0.1) is 0 Å². The highest BCUT2D eigenvalue weighted by atomic mass is 19.1. The number of hydrogen-bond acceptors (Lipinski definition) is 1. The van der Waals surface area contributed by atoms with Gasteiger partial charge in [0.25, 0.3) is 0 Å². The molecule has 1 nitrogen and oxygen atoms in total. The van der Waals surface area contributed by atoms with Crippen LogP contribution in [0.1, 0.15) is 58.8 Å². The molecule has 1 aromatic carbocycles. The Morgan fingerprint density at radius 1 is 1.14 bits per heavy atom. The average Bonchev–Trinajstić information content (AvgIpc) is 2.54. The van der Waals surface area contributed by atoms with Gasteiger partial charge in [-0.2, -0.15) is 0 Å². The summed E-state index contributed by atoms with van der Waals surface area (Å²) < 4.78 is 19.9. The van der Waals surface area contributed by atoms with Crippen LogP contribution in [0.25, 0.3) is 0 Å². The molecule has 2 heteroatoms. The first-order valence-corrected chi connectivity index (χ1v) is 9.01. The smallest absolute Gasteiger partial charge is 0.134 e. The van der Waals surface area contributed by atoms with Crippen LogP contribution >= 0.6 is 0 Å². The van der Waals surface area contributed by atoms with Crippen LogP contribution in [-0.4, -0.2) is 12.8 Å². The van der Waals surface area contributed by atoms with Crippen LogP contribution in [0.4, 0.5) is 4.39 Å². The Morgan fingerprint density at radius 2 is 1.82 bits per heavy atom. The van der Waals surface area contributed by atoms with Gasteiger partial charge in [0, 0.05) is 0 Å². The minimum Gasteiger partial charge on any atom is -0.491 e. The van der Waals surface area contributed by atoms with Gasteiger partial charge in [-0.3, -0.25) is 0 Å². The largest absolute Gasteiger partial charge is 0.491 e. The van der Waals surface area contributed by atoms with E-state index in [-0.39, 0.29) is 6.61 Å². The Kier molecular flexibility index (Phi) is 7.21. The van der Waals surface area contributed by atoms with E-state index in [4.69, 9.17) is 4.74 Å². The lowest BCUT2D eigenvalue weighted by atomic mass is 9.73. The van der Waals surface area contributed by atoms with E-state index >= 15 is 0 Å². The maximum atomic E-state index is 14.4. The zero-order valence-corrected chi connectivity index (χ0v) is 14.1. The van der Waals surface area contributed by atoms with E-state index in [0.29, 0.717) is 12.3 Å². The van der Waals surface area contributed by atoms with E-state index in [9.17, 15) is 4.39 Å². The van der Waals surface area contributed by atoms with Gasteiger partial charge in [-0.25, -0.2) is 4.39 Å². The second-order valence-corrected chi connectivity index (χ2v) is 7.03. The quantitative estimate of drug-likeness (QED) is 0.569. The van der Waals surface area contributed by atoms with Gasteiger partial charge in [0.15, 0.2) is 0 Å². The molecule has 124 valence electrons. The molecule has 2 atom stereocenters. The van der Waals surface area contributed by atoms with Crippen LogP contribution in [0.3, 0.4) is 0 Å². The molecule has 2 unspecified atom stereocenters. The second kappa shape index (κ2) is 9.17. The summed E-state index contributed by atoms with van der Waals surface area (Å²) >= 11 is 0. The summed E-state index contributed by atoms with van der Waals surface area (Å²) in [5, 5.41) is 0. The third kappa shape index (κ3) is 5.62. The molecule has 1 saturated carbocycles. The van der Waals surface area contributed by atoms with Crippen molar-refractivity contribution in [1.29, 1.82) is 0 Å². The zero-order chi connectivity index (χ0) is 15.8. The summed E-state index contributed by atoms with van der Waals surface area (Å²) in [5.74, 6) is 2.89. The maximum absolute atomic E-state index is 14.4. The predicted molar refractivity (Wildman–Crippen MR) is 91.0 cm³/mol. The van der Waals surface area contributed by atoms with Gasteiger partial charge in [0.2, 0.25) is 0 Å². The molecule has 1 aliphatic rings. The van der Waals surface area contributed by atoms with E-state index in [0.717, 1.165) is 30.4 Å². The van der Waals surface area contributed by atoms with Gasteiger partial charge in [-0.1, -0.05) is 57.7 Å². The molecule has 0 amide bonds. The van der Waals surface area contributed by atoms with Crippen molar-refractivity contribution in [3.8, 4) is 5.75 Å². The number of para-hydroxylation sites is 1. The van der Waals surface area contributed by atoms with Crippen molar-refractivity contribution in [1.82, 2.24) is 0 Å². The second-order valence-electron chi connectivity index (χ2n) is 7.03. The number of rotatable bonds is 8. The van der Waals surface area contributed by atoms with Crippen molar-refractivity contribution in [2.45, 2.75) is 65.0 Å². The average molecular weight is 306 g/mol. The molecule has 0 N–H and O–H groups in total. The minimum atomic E-state index is -0.851. The molecule has 1 aliphatic carbocycles. The molecular weight excluding hydrogens is 275 g/mol. The first kappa shape index (κ1) is 17.3. The Bertz CT molecular complexity index is 397. The molecule has 0 spiro atoms. The zero-order valence-electron chi connectivity index (χ0n) is 14.1. The van der Waals surface area contributed by atoms with E-state index in [1.165, 1.54) is 25.7 Å². The number of alkyl halides is 1. The summed E-state index contributed by atoms with van der Waals surface area (Å²) in [5.41, 5.74) is 0. The molecule has 0 aromatic heterocycles. The maximum Gasteiger partial charge on any atom is 0.134 e. The van der Waals surface area contributed by atoms with Crippen molar-refractivity contribution in [3.05, 3.63) is 30.3 Å².